The van der Waals surface area contributed by atoms with Crippen molar-refractivity contribution in [2.45, 2.75) is 31.7 Å². The lowest BCUT2D eigenvalue weighted by Gasteiger charge is -2.18. The normalized spacial score (nSPS) is 11.6. The summed E-state index contributed by atoms with van der Waals surface area (Å²) in [7, 11) is 0. The summed E-state index contributed by atoms with van der Waals surface area (Å²) >= 11 is 4.05. The van der Waals surface area contributed by atoms with E-state index in [0.717, 1.165) is 18.4 Å². The maximum Gasteiger partial charge on any atom is 0.242 e. The summed E-state index contributed by atoms with van der Waals surface area (Å²) in [6.07, 6.45) is 2.23. The molecule has 0 aliphatic rings. The smallest absolute Gasteiger partial charge is 0.242 e. The van der Waals surface area contributed by atoms with E-state index in [0.29, 0.717) is 18.7 Å². The van der Waals surface area contributed by atoms with Crippen molar-refractivity contribution in [3.05, 3.63) is 71.5 Å². The first-order valence-corrected chi connectivity index (χ1v) is 9.68. The van der Waals surface area contributed by atoms with Gasteiger partial charge in [-0.2, -0.15) is 12.6 Å². The van der Waals surface area contributed by atoms with Gasteiger partial charge in [0.25, 0.3) is 0 Å². The van der Waals surface area contributed by atoms with Gasteiger partial charge in [-0.05, 0) is 41.9 Å². The minimum Gasteiger partial charge on any atom is -0.354 e. The minimum absolute atomic E-state index is 0.225. The van der Waals surface area contributed by atoms with Gasteiger partial charge in [0.15, 0.2) is 0 Å². The molecule has 0 saturated heterocycles. The van der Waals surface area contributed by atoms with Gasteiger partial charge in [-0.15, -0.1) is 0 Å². The van der Waals surface area contributed by atoms with E-state index in [1.54, 1.807) is 12.1 Å². The third-order valence-corrected chi connectivity index (χ3v) is 4.35. The van der Waals surface area contributed by atoms with Gasteiger partial charge in [0.2, 0.25) is 11.8 Å². The Morgan fingerprint density at radius 2 is 1.70 bits per heavy atom. The van der Waals surface area contributed by atoms with Crippen LogP contribution in [-0.4, -0.2) is 30.2 Å². The number of hydrogen-bond acceptors (Lipinski definition) is 3. The van der Waals surface area contributed by atoms with Gasteiger partial charge in [0.05, 0.1) is 0 Å². The number of carbonyl (C=O) groups excluding carboxylic acids is 2. The van der Waals surface area contributed by atoms with Crippen LogP contribution in [0.4, 0.5) is 4.39 Å². The highest BCUT2D eigenvalue weighted by molar-refractivity contribution is 7.80. The Balaban J connectivity index is 1.89. The molecule has 0 unspecified atom stereocenters. The molecule has 0 aromatic heterocycles. The molecule has 144 valence electrons. The SMILES string of the molecule is O=C(CCS)N[C@@H](Cc1ccc(F)cc1)C(=O)NCCCc1ccccc1. The Kier molecular flexibility index (Phi) is 8.84. The first-order valence-electron chi connectivity index (χ1n) is 9.05. The minimum atomic E-state index is -0.695. The van der Waals surface area contributed by atoms with Gasteiger partial charge in [0.1, 0.15) is 11.9 Å². The molecule has 0 radical (unpaired) electrons. The molecule has 0 spiro atoms. The van der Waals surface area contributed by atoms with Crippen molar-refractivity contribution in [2.24, 2.45) is 0 Å². The zero-order valence-corrected chi connectivity index (χ0v) is 16.1. The Labute approximate surface area is 165 Å². The number of aryl methyl sites for hydroxylation is 1. The van der Waals surface area contributed by atoms with E-state index in [1.807, 2.05) is 18.2 Å². The summed E-state index contributed by atoms with van der Waals surface area (Å²) in [6.45, 7) is 0.524. The first-order chi connectivity index (χ1) is 13.1. The van der Waals surface area contributed by atoms with Crippen LogP contribution in [0.1, 0.15) is 24.0 Å². The van der Waals surface area contributed by atoms with Crippen molar-refractivity contribution in [3.63, 3.8) is 0 Å². The van der Waals surface area contributed by atoms with E-state index in [-0.39, 0.29) is 24.1 Å². The highest BCUT2D eigenvalue weighted by Gasteiger charge is 2.20. The molecule has 0 aliphatic carbocycles. The lowest BCUT2D eigenvalue weighted by atomic mass is 10.0. The molecule has 2 aromatic carbocycles. The van der Waals surface area contributed by atoms with Gasteiger partial charge < -0.3 is 10.6 Å². The maximum atomic E-state index is 13.1. The van der Waals surface area contributed by atoms with Crippen LogP contribution in [-0.2, 0) is 22.4 Å². The summed E-state index contributed by atoms with van der Waals surface area (Å²) in [5.41, 5.74) is 2.00. The average Bonchev–Trinajstić information content (AvgIpc) is 2.67. The van der Waals surface area contributed by atoms with E-state index in [4.69, 9.17) is 0 Å². The molecule has 0 saturated carbocycles. The van der Waals surface area contributed by atoms with Crippen LogP contribution in [0.3, 0.4) is 0 Å². The van der Waals surface area contributed by atoms with E-state index in [2.05, 4.69) is 35.4 Å². The maximum absolute atomic E-state index is 13.1. The summed E-state index contributed by atoms with van der Waals surface area (Å²) < 4.78 is 13.1. The molecule has 0 bridgehead atoms. The molecule has 0 heterocycles. The first kappa shape index (κ1) is 21.0. The fourth-order valence-corrected chi connectivity index (χ4v) is 2.91. The van der Waals surface area contributed by atoms with E-state index in [1.165, 1.54) is 17.7 Å². The van der Waals surface area contributed by atoms with Crippen molar-refractivity contribution in [1.82, 2.24) is 10.6 Å². The average molecular weight is 389 g/mol. The molecule has 4 nitrogen and oxygen atoms in total. The van der Waals surface area contributed by atoms with E-state index >= 15 is 0 Å². The fourth-order valence-electron chi connectivity index (χ4n) is 2.71. The molecule has 2 aromatic rings. The van der Waals surface area contributed by atoms with Crippen molar-refractivity contribution in [2.75, 3.05) is 12.3 Å². The number of rotatable bonds is 10. The number of thiol groups is 1. The second-order valence-corrected chi connectivity index (χ2v) is 6.75. The van der Waals surface area contributed by atoms with Crippen LogP contribution in [0.15, 0.2) is 54.6 Å². The molecular weight excluding hydrogens is 363 g/mol. The van der Waals surface area contributed by atoms with Crippen LogP contribution in [0.5, 0.6) is 0 Å². The molecule has 2 amide bonds. The zero-order chi connectivity index (χ0) is 19.5. The Hall–Kier alpha value is -2.34. The Morgan fingerprint density at radius 1 is 1.00 bits per heavy atom. The number of carbonyl (C=O) groups is 2. The third-order valence-electron chi connectivity index (χ3n) is 4.13. The zero-order valence-electron chi connectivity index (χ0n) is 15.2. The van der Waals surface area contributed by atoms with E-state index in [9.17, 15) is 14.0 Å². The van der Waals surface area contributed by atoms with Gasteiger partial charge in [0, 0.05) is 19.4 Å². The van der Waals surface area contributed by atoms with Crippen LogP contribution in [0, 0.1) is 5.82 Å². The predicted molar refractivity (Wildman–Crippen MR) is 108 cm³/mol. The van der Waals surface area contributed by atoms with Crippen LogP contribution in [0.25, 0.3) is 0 Å². The van der Waals surface area contributed by atoms with Crippen LogP contribution < -0.4 is 10.6 Å². The van der Waals surface area contributed by atoms with Crippen molar-refractivity contribution in [1.29, 1.82) is 0 Å². The summed E-state index contributed by atoms with van der Waals surface area (Å²) in [6, 6.07) is 15.3. The largest absolute Gasteiger partial charge is 0.354 e. The molecule has 2 N–H and O–H groups in total. The summed E-state index contributed by atoms with van der Waals surface area (Å²) in [5.74, 6) is -0.385. The second-order valence-electron chi connectivity index (χ2n) is 6.30. The highest BCUT2D eigenvalue weighted by Crippen LogP contribution is 2.07. The molecular formula is C21H25FN2O2S. The van der Waals surface area contributed by atoms with Crippen LogP contribution >= 0.6 is 12.6 Å². The Morgan fingerprint density at radius 3 is 2.37 bits per heavy atom. The number of hydrogen-bond donors (Lipinski definition) is 3. The molecule has 2 rings (SSSR count). The molecule has 6 heteroatoms. The molecule has 1 atom stereocenters. The number of amides is 2. The highest BCUT2D eigenvalue weighted by atomic mass is 32.1. The number of benzene rings is 2. The lowest BCUT2D eigenvalue weighted by Crippen LogP contribution is -2.48. The van der Waals surface area contributed by atoms with Gasteiger partial charge in [-0.25, -0.2) is 4.39 Å². The quantitative estimate of drug-likeness (QED) is 0.433. The van der Waals surface area contributed by atoms with E-state index < -0.39 is 6.04 Å². The topological polar surface area (TPSA) is 58.2 Å². The standard InChI is InChI=1S/C21H25FN2O2S/c22-18-10-8-17(9-11-18)15-19(24-20(25)12-14-27)21(26)23-13-4-7-16-5-2-1-3-6-16/h1-3,5-6,8-11,19,27H,4,7,12-15H2,(H,23,26)(H,24,25)/t19-/m0/s1. The lowest BCUT2D eigenvalue weighted by molar-refractivity contribution is -0.128. The molecule has 0 aliphatic heterocycles. The summed E-state index contributed by atoms with van der Waals surface area (Å²) in [5, 5.41) is 5.63. The predicted octanol–water partition coefficient (Wildman–Crippen LogP) is 2.92. The third kappa shape index (κ3) is 7.83. The Bertz CT molecular complexity index is 723. The summed E-state index contributed by atoms with van der Waals surface area (Å²) in [4.78, 5) is 24.5. The molecule has 27 heavy (non-hydrogen) atoms. The van der Waals surface area contributed by atoms with Gasteiger partial charge in [-0.3, -0.25) is 9.59 Å². The van der Waals surface area contributed by atoms with Crippen molar-refractivity contribution < 1.29 is 14.0 Å². The van der Waals surface area contributed by atoms with Gasteiger partial charge in [-0.1, -0.05) is 42.5 Å². The van der Waals surface area contributed by atoms with Crippen molar-refractivity contribution in [3.8, 4) is 0 Å². The fraction of sp³-hybridized carbons (Fsp3) is 0.333. The van der Waals surface area contributed by atoms with Crippen LogP contribution in [0.2, 0.25) is 0 Å². The van der Waals surface area contributed by atoms with Gasteiger partial charge >= 0.3 is 0 Å². The number of nitrogens with one attached hydrogen (secondary N) is 2. The number of halogens is 1. The second kappa shape index (κ2) is 11.4. The molecule has 0 fully saturated rings. The monoisotopic (exact) mass is 388 g/mol. The van der Waals surface area contributed by atoms with Crippen molar-refractivity contribution >= 4 is 24.4 Å².